The zero-order valence-corrected chi connectivity index (χ0v) is 10.1. The number of ether oxygens (including phenoxy) is 1. The van der Waals surface area contributed by atoms with Crippen LogP contribution in [0.5, 0.6) is 0 Å². The highest BCUT2D eigenvalue weighted by Crippen LogP contribution is 2.21. The van der Waals surface area contributed by atoms with Crippen LogP contribution in [-0.4, -0.2) is 18.9 Å². The molecular weight excluding hydrogens is 274 g/mol. The van der Waals surface area contributed by atoms with E-state index in [1.807, 2.05) is 6.07 Å². The first-order chi connectivity index (χ1) is 7.63. The first kappa shape index (κ1) is 12.4. The van der Waals surface area contributed by atoms with Crippen molar-refractivity contribution in [3.63, 3.8) is 0 Å². The Balaban J connectivity index is 3.27. The van der Waals surface area contributed by atoms with E-state index >= 15 is 0 Å². The van der Waals surface area contributed by atoms with Gasteiger partial charge in [-0.05, 0) is 35.0 Å². The molecular formula is C11H8BrNO3. The lowest BCUT2D eigenvalue weighted by Crippen LogP contribution is -2.06. The molecule has 0 aliphatic carbocycles. The van der Waals surface area contributed by atoms with Crippen LogP contribution in [0.2, 0.25) is 0 Å². The molecule has 0 N–H and O–H groups in total. The molecule has 0 saturated heterocycles. The lowest BCUT2D eigenvalue weighted by molar-refractivity contribution is 0.0526. The molecule has 5 heteroatoms. The number of esters is 1. The van der Waals surface area contributed by atoms with Gasteiger partial charge in [0.25, 0.3) is 0 Å². The molecule has 0 fully saturated rings. The number of nitriles is 1. The van der Waals surface area contributed by atoms with Gasteiger partial charge in [0.1, 0.15) is 0 Å². The number of aldehydes is 1. The van der Waals surface area contributed by atoms with Gasteiger partial charge < -0.3 is 4.74 Å². The monoisotopic (exact) mass is 281 g/mol. The Morgan fingerprint density at radius 2 is 2.31 bits per heavy atom. The van der Waals surface area contributed by atoms with Crippen molar-refractivity contribution in [2.75, 3.05) is 6.61 Å². The van der Waals surface area contributed by atoms with Gasteiger partial charge in [-0.15, -0.1) is 0 Å². The van der Waals surface area contributed by atoms with E-state index in [0.717, 1.165) is 0 Å². The minimum atomic E-state index is -0.517. The molecule has 4 nitrogen and oxygen atoms in total. The van der Waals surface area contributed by atoms with Crippen molar-refractivity contribution < 1.29 is 14.3 Å². The van der Waals surface area contributed by atoms with Crippen LogP contribution in [-0.2, 0) is 4.74 Å². The highest BCUT2D eigenvalue weighted by Gasteiger charge is 2.13. The second kappa shape index (κ2) is 5.42. The Kier molecular flexibility index (Phi) is 4.20. The van der Waals surface area contributed by atoms with Crippen molar-refractivity contribution in [3.05, 3.63) is 33.3 Å². The summed E-state index contributed by atoms with van der Waals surface area (Å²) in [5.74, 6) is -0.517. The lowest BCUT2D eigenvalue weighted by Gasteiger charge is -2.05. The van der Waals surface area contributed by atoms with Gasteiger partial charge in [-0.2, -0.15) is 5.26 Å². The number of carbonyl (C=O) groups excluding carboxylic acids is 2. The van der Waals surface area contributed by atoms with Gasteiger partial charge in [0.2, 0.25) is 0 Å². The van der Waals surface area contributed by atoms with Crippen molar-refractivity contribution >= 4 is 28.2 Å². The van der Waals surface area contributed by atoms with Crippen LogP contribution in [0.3, 0.4) is 0 Å². The molecule has 1 rings (SSSR count). The topological polar surface area (TPSA) is 67.2 Å². The first-order valence-corrected chi connectivity index (χ1v) is 5.29. The van der Waals surface area contributed by atoms with Gasteiger partial charge in [-0.3, -0.25) is 4.79 Å². The summed E-state index contributed by atoms with van der Waals surface area (Å²) < 4.78 is 5.21. The third-order valence-corrected chi connectivity index (χ3v) is 2.54. The van der Waals surface area contributed by atoms with E-state index in [9.17, 15) is 9.59 Å². The number of benzene rings is 1. The van der Waals surface area contributed by atoms with E-state index in [1.165, 1.54) is 12.1 Å². The zero-order chi connectivity index (χ0) is 12.1. The first-order valence-electron chi connectivity index (χ1n) is 4.50. The van der Waals surface area contributed by atoms with Crippen LogP contribution in [0, 0.1) is 11.3 Å². The fraction of sp³-hybridized carbons (Fsp3) is 0.182. The molecule has 0 radical (unpaired) electrons. The minimum absolute atomic E-state index is 0.146. The Morgan fingerprint density at radius 3 is 2.81 bits per heavy atom. The number of hydrogen-bond acceptors (Lipinski definition) is 4. The molecule has 82 valence electrons. The number of halogens is 1. The van der Waals surface area contributed by atoms with E-state index in [2.05, 4.69) is 15.9 Å². The molecule has 16 heavy (non-hydrogen) atoms. The lowest BCUT2D eigenvalue weighted by atomic mass is 10.1. The summed E-state index contributed by atoms with van der Waals surface area (Å²) in [6, 6.07) is 4.66. The molecule has 0 atom stereocenters. The second-order valence-corrected chi connectivity index (χ2v) is 3.72. The quantitative estimate of drug-likeness (QED) is 0.630. The number of hydrogen-bond donors (Lipinski definition) is 0. The van der Waals surface area contributed by atoms with E-state index in [4.69, 9.17) is 10.00 Å². The van der Waals surface area contributed by atoms with Crippen LogP contribution < -0.4 is 0 Å². The van der Waals surface area contributed by atoms with Crippen LogP contribution in [0.1, 0.15) is 33.2 Å². The Bertz CT molecular complexity index is 477. The maximum atomic E-state index is 11.4. The summed E-state index contributed by atoms with van der Waals surface area (Å²) in [5.41, 5.74) is 0.624. The van der Waals surface area contributed by atoms with E-state index in [-0.39, 0.29) is 23.3 Å². The predicted molar refractivity (Wildman–Crippen MR) is 60.2 cm³/mol. The van der Waals surface area contributed by atoms with Gasteiger partial charge in [0, 0.05) is 10.0 Å². The van der Waals surface area contributed by atoms with Crippen molar-refractivity contribution in [2.45, 2.75) is 6.92 Å². The minimum Gasteiger partial charge on any atom is -0.462 e. The van der Waals surface area contributed by atoms with E-state index in [0.29, 0.717) is 10.8 Å². The normalized spacial score (nSPS) is 9.31. The number of rotatable bonds is 3. The molecule has 1 aromatic carbocycles. The number of nitrogens with zero attached hydrogens (tertiary/aromatic N) is 1. The number of carbonyl (C=O) groups is 2. The van der Waals surface area contributed by atoms with E-state index in [1.54, 1.807) is 6.92 Å². The predicted octanol–water partition coefficient (Wildman–Crippen LogP) is 2.31. The fourth-order valence-electron chi connectivity index (χ4n) is 1.16. The molecule has 0 aromatic heterocycles. The molecule has 0 aliphatic rings. The summed E-state index contributed by atoms with van der Waals surface area (Å²) in [4.78, 5) is 22.1. The van der Waals surface area contributed by atoms with Crippen LogP contribution in [0.4, 0.5) is 0 Å². The highest BCUT2D eigenvalue weighted by atomic mass is 79.9. The van der Waals surface area contributed by atoms with Crippen LogP contribution in [0.25, 0.3) is 0 Å². The molecule has 0 bridgehead atoms. The van der Waals surface area contributed by atoms with Gasteiger partial charge in [0.15, 0.2) is 6.29 Å². The molecule has 0 aliphatic heterocycles. The molecule has 0 amide bonds. The summed E-state index contributed by atoms with van der Waals surface area (Å²) in [7, 11) is 0. The van der Waals surface area contributed by atoms with Crippen molar-refractivity contribution in [2.24, 2.45) is 0 Å². The largest absolute Gasteiger partial charge is 0.462 e. The van der Waals surface area contributed by atoms with Crippen molar-refractivity contribution in [3.8, 4) is 6.07 Å². The van der Waals surface area contributed by atoms with Gasteiger partial charge >= 0.3 is 5.97 Å². The molecule has 0 saturated carbocycles. The van der Waals surface area contributed by atoms with Crippen LogP contribution >= 0.6 is 15.9 Å². The maximum absolute atomic E-state index is 11.4. The Labute approximate surface area is 101 Å². The third kappa shape index (κ3) is 2.47. The van der Waals surface area contributed by atoms with E-state index < -0.39 is 5.97 Å². The summed E-state index contributed by atoms with van der Waals surface area (Å²) >= 11 is 3.13. The summed E-state index contributed by atoms with van der Waals surface area (Å²) in [6.45, 7) is 1.95. The maximum Gasteiger partial charge on any atom is 0.338 e. The summed E-state index contributed by atoms with van der Waals surface area (Å²) in [5, 5.41) is 8.83. The highest BCUT2D eigenvalue weighted by molar-refractivity contribution is 9.10. The molecule has 0 unspecified atom stereocenters. The summed E-state index contributed by atoms with van der Waals surface area (Å²) in [6.07, 6.45) is 0.567. The third-order valence-electron chi connectivity index (χ3n) is 1.88. The Hall–Kier alpha value is -1.67. The molecule has 1 aromatic rings. The SMILES string of the molecule is CCOC(=O)c1cc(Br)c(C=O)c(C#N)c1. The fourth-order valence-corrected chi connectivity index (χ4v) is 1.72. The second-order valence-electron chi connectivity index (χ2n) is 2.87. The van der Waals surface area contributed by atoms with Gasteiger partial charge in [-0.25, -0.2) is 4.79 Å². The van der Waals surface area contributed by atoms with Crippen LogP contribution in [0.15, 0.2) is 16.6 Å². The average Bonchev–Trinajstić information content (AvgIpc) is 2.28. The average molecular weight is 282 g/mol. The molecule has 0 spiro atoms. The van der Waals surface area contributed by atoms with Crippen molar-refractivity contribution in [1.29, 1.82) is 5.26 Å². The van der Waals surface area contributed by atoms with Crippen molar-refractivity contribution in [1.82, 2.24) is 0 Å². The molecule has 0 heterocycles. The van der Waals surface area contributed by atoms with Gasteiger partial charge in [0.05, 0.1) is 23.8 Å². The standard InChI is InChI=1S/C11H8BrNO3/c1-2-16-11(15)7-3-8(5-13)9(6-14)10(12)4-7/h3-4,6H,2H2,1H3. The van der Waals surface area contributed by atoms with Gasteiger partial charge in [-0.1, -0.05) is 0 Å². The zero-order valence-electron chi connectivity index (χ0n) is 8.49. The Morgan fingerprint density at radius 1 is 1.62 bits per heavy atom. The smallest absolute Gasteiger partial charge is 0.338 e.